The van der Waals surface area contributed by atoms with Gasteiger partial charge in [0, 0.05) is 19.5 Å². The Morgan fingerprint density at radius 3 is 2.13 bits per heavy atom. The highest BCUT2D eigenvalue weighted by atomic mass is 32.2. The highest BCUT2D eigenvalue weighted by Gasteiger charge is 2.20. The molecule has 0 saturated carbocycles. The number of halogens is 1. The zero-order valence-corrected chi connectivity index (χ0v) is 18.2. The maximum Gasteiger partial charge on any atom is 0.240 e. The summed E-state index contributed by atoms with van der Waals surface area (Å²) in [6, 6.07) is 10.6. The Kier molecular flexibility index (Phi) is 8.07. The molecule has 0 heterocycles. The Balaban J connectivity index is 1.90. The molecule has 0 spiro atoms. The summed E-state index contributed by atoms with van der Waals surface area (Å²) in [7, 11) is -7.32. The molecule has 0 fully saturated rings. The van der Waals surface area contributed by atoms with Crippen LogP contribution < -0.4 is 14.8 Å². The second-order valence-corrected chi connectivity index (χ2v) is 10.3. The molecule has 0 bridgehead atoms. The SMILES string of the molecule is Cc1ccc(S(=O)(=O)NCCNC(=O)CC(NS(C)(=O)=O)c2ccc(F)cc2)cc1. The molecule has 0 saturated heterocycles. The van der Waals surface area contributed by atoms with E-state index in [1.54, 1.807) is 12.1 Å². The molecule has 30 heavy (non-hydrogen) atoms. The molecule has 11 heteroatoms. The van der Waals surface area contributed by atoms with Gasteiger partial charge in [-0.15, -0.1) is 0 Å². The van der Waals surface area contributed by atoms with Crippen molar-refractivity contribution in [2.24, 2.45) is 0 Å². The quantitative estimate of drug-likeness (QED) is 0.463. The second kappa shape index (κ2) is 10.1. The standard InChI is InChI=1S/C19H24FN3O5S2/c1-14-3-9-17(10-4-14)30(27,28)22-12-11-21-19(24)13-18(23-29(2,25)26)15-5-7-16(20)8-6-15/h3-10,18,22-23H,11-13H2,1-2H3,(H,21,24). The van der Waals surface area contributed by atoms with Crippen LogP contribution in [-0.4, -0.2) is 42.1 Å². The van der Waals surface area contributed by atoms with Crippen LogP contribution >= 0.6 is 0 Å². The number of carbonyl (C=O) groups is 1. The van der Waals surface area contributed by atoms with E-state index in [2.05, 4.69) is 14.8 Å². The van der Waals surface area contributed by atoms with Crippen molar-refractivity contribution in [3.05, 3.63) is 65.5 Å². The number of amides is 1. The van der Waals surface area contributed by atoms with Crippen LogP contribution in [0.25, 0.3) is 0 Å². The van der Waals surface area contributed by atoms with E-state index in [9.17, 15) is 26.0 Å². The lowest BCUT2D eigenvalue weighted by Gasteiger charge is -2.18. The molecule has 2 aromatic rings. The van der Waals surface area contributed by atoms with Gasteiger partial charge in [0.05, 0.1) is 17.2 Å². The number of hydrogen-bond donors (Lipinski definition) is 3. The second-order valence-electron chi connectivity index (χ2n) is 6.76. The summed E-state index contributed by atoms with van der Waals surface area (Å²) in [6.07, 6.45) is 0.727. The number of hydrogen-bond acceptors (Lipinski definition) is 5. The Morgan fingerprint density at radius 2 is 1.57 bits per heavy atom. The maximum absolute atomic E-state index is 13.1. The van der Waals surface area contributed by atoms with E-state index in [4.69, 9.17) is 0 Å². The molecule has 164 valence electrons. The smallest absolute Gasteiger partial charge is 0.240 e. The van der Waals surface area contributed by atoms with Gasteiger partial charge in [-0.05, 0) is 36.8 Å². The molecule has 1 atom stereocenters. The third-order valence-corrected chi connectivity index (χ3v) is 6.28. The van der Waals surface area contributed by atoms with E-state index in [-0.39, 0.29) is 24.4 Å². The van der Waals surface area contributed by atoms with Gasteiger partial charge in [0.15, 0.2) is 0 Å². The van der Waals surface area contributed by atoms with Gasteiger partial charge in [-0.25, -0.2) is 30.7 Å². The molecule has 0 aliphatic rings. The Morgan fingerprint density at radius 1 is 0.967 bits per heavy atom. The van der Waals surface area contributed by atoms with E-state index < -0.39 is 37.8 Å². The van der Waals surface area contributed by atoms with Crippen molar-refractivity contribution in [2.45, 2.75) is 24.3 Å². The summed E-state index contributed by atoms with van der Waals surface area (Å²) in [5, 5.41) is 2.54. The fourth-order valence-corrected chi connectivity index (χ4v) is 4.39. The summed E-state index contributed by atoms with van der Waals surface area (Å²) in [6.45, 7) is 1.82. The fraction of sp³-hybridized carbons (Fsp3) is 0.316. The molecule has 2 rings (SSSR count). The van der Waals surface area contributed by atoms with E-state index in [0.29, 0.717) is 5.56 Å². The molecule has 0 aliphatic carbocycles. The molecule has 1 amide bonds. The number of nitrogens with one attached hydrogen (secondary N) is 3. The van der Waals surface area contributed by atoms with E-state index in [1.807, 2.05) is 6.92 Å². The third kappa shape index (κ3) is 7.82. The van der Waals surface area contributed by atoms with Crippen molar-refractivity contribution in [1.29, 1.82) is 0 Å². The Labute approximate surface area is 176 Å². The third-order valence-electron chi connectivity index (χ3n) is 4.09. The van der Waals surface area contributed by atoms with Gasteiger partial charge in [-0.3, -0.25) is 4.79 Å². The first kappa shape index (κ1) is 23.9. The first-order valence-electron chi connectivity index (χ1n) is 9.02. The zero-order chi connectivity index (χ0) is 22.4. The summed E-state index contributed by atoms with van der Waals surface area (Å²) in [4.78, 5) is 12.3. The predicted octanol–water partition coefficient (Wildman–Crippen LogP) is 1.21. The van der Waals surface area contributed by atoms with Gasteiger partial charge in [0.25, 0.3) is 0 Å². The summed E-state index contributed by atoms with van der Waals surface area (Å²) in [5.41, 5.74) is 1.36. The molecule has 1 unspecified atom stereocenters. The minimum absolute atomic E-state index is 0.0128. The van der Waals surface area contributed by atoms with Crippen LogP contribution in [0.5, 0.6) is 0 Å². The summed E-state index contributed by atoms with van der Waals surface area (Å²) in [5.74, 6) is -0.975. The van der Waals surface area contributed by atoms with Crippen LogP contribution in [0.2, 0.25) is 0 Å². The van der Waals surface area contributed by atoms with Crippen LogP contribution in [0.3, 0.4) is 0 Å². The van der Waals surface area contributed by atoms with Crippen molar-refractivity contribution >= 4 is 26.0 Å². The fourth-order valence-electron chi connectivity index (χ4n) is 2.63. The van der Waals surface area contributed by atoms with E-state index in [0.717, 1.165) is 11.8 Å². The van der Waals surface area contributed by atoms with Gasteiger partial charge in [-0.1, -0.05) is 29.8 Å². The monoisotopic (exact) mass is 457 g/mol. The molecular weight excluding hydrogens is 433 g/mol. The normalized spacial score (nSPS) is 13.0. The molecule has 0 aliphatic heterocycles. The van der Waals surface area contributed by atoms with Crippen molar-refractivity contribution in [3.8, 4) is 0 Å². The highest BCUT2D eigenvalue weighted by molar-refractivity contribution is 7.89. The number of carbonyl (C=O) groups excluding carboxylic acids is 1. The van der Waals surface area contributed by atoms with Crippen LogP contribution in [0.4, 0.5) is 4.39 Å². The molecule has 0 aromatic heterocycles. The zero-order valence-electron chi connectivity index (χ0n) is 16.6. The number of rotatable bonds is 10. The van der Waals surface area contributed by atoms with Gasteiger partial charge < -0.3 is 5.32 Å². The van der Waals surface area contributed by atoms with Crippen LogP contribution in [0.15, 0.2) is 53.4 Å². The van der Waals surface area contributed by atoms with Crippen LogP contribution in [-0.2, 0) is 24.8 Å². The lowest BCUT2D eigenvalue weighted by atomic mass is 10.0. The number of aryl methyl sites for hydroxylation is 1. The van der Waals surface area contributed by atoms with E-state index in [1.165, 1.54) is 36.4 Å². The van der Waals surface area contributed by atoms with Crippen molar-refractivity contribution < 1.29 is 26.0 Å². The molecular formula is C19H24FN3O5S2. The molecule has 0 radical (unpaired) electrons. The predicted molar refractivity (Wildman–Crippen MR) is 111 cm³/mol. The van der Waals surface area contributed by atoms with Gasteiger partial charge in [-0.2, -0.15) is 0 Å². The number of benzene rings is 2. The molecule has 3 N–H and O–H groups in total. The van der Waals surface area contributed by atoms with Crippen LogP contribution in [0.1, 0.15) is 23.6 Å². The number of sulfonamides is 2. The topological polar surface area (TPSA) is 121 Å². The molecule has 8 nitrogen and oxygen atoms in total. The minimum Gasteiger partial charge on any atom is -0.355 e. The Bertz CT molecular complexity index is 1070. The lowest BCUT2D eigenvalue weighted by molar-refractivity contribution is -0.121. The first-order valence-corrected chi connectivity index (χ1v) is 12.4. The van der Waals surface area contributed by atoms with E-state index >= 15 is 0 Å². The highest BCUT2D eigenvalue weighted by Crippen LogP contribution is 2.18. The first-order chi connectivity index (χ1) is 14.0. The average molecular weight is 458 g/mol. The largest absolute Gasteiger partial charge is 0.355 e. The summed E-state index contributed by atoms with van der Waals surface area (Å²) < 4.78 is 65.4. The lowest BCUT2D eigenvalue weighted by Crippen LogP contribution is -2.37. The van der Waals surface area contributed by atoms with Gasteiger partial charge >= 0.3 is 0 Å². The van der Waals surface area contributed by atoms with Crippen molar-refractivity contribution in [2.75, 3.05) is 19.3 Å². The van der Waals surface area contributed by atoms with Crippen molar-refractivity contribution in [1.82, 2.24) is 14.8 Å². The Hall–Kier alpha value is -2.34. The molecule has 2 aromatic carbocycles. The van der Waals surface area contributed by atoms with Crippen LogP contribution in [0, 0.1) is 12.7 Å². The minimum atomic E-state index is -3.70. The average Bonchev–Trinajstić information content (AvgIpc) is 2.65. The maximum atomic E-state index is 13.1. The van der Waals surface area contributed by atoms with Crippen molar-refractivity contribution in [3.63, 3.8) is 0 Å². The van der Waals surface area contributed by atoms with Gasteiger partial charge in [0.1, 0.15) is 5.82 Å². The summed E-state index contributed by atoms with van der Waals surface area (Å²) >= 11 is 0. The van der Waals surface area contributed by atoms with Gasteiger partial charge in [0.2, 0.25) is 26.0 Å².